The lowest BCUT2D eigenvalue weighted by Gasteiger charge is -2.41. The number of rotatable bonds is 7. The van der Waals surface area contributed by atoms with Crippen LogP contribution < -0.4 is 5.32 Å². The van der Waals surface area contributed by atoms with Crippen molar-refractivity contribution >= 4 is 22.6 Å². The van der Waals surface area contributed by atoms with Gasteiger partial charge in [-0.25, -0.2) is 4.98 Å². The fourth-order valence-electron chi connectivity index (χ4n) is 5.23. The first-order chi connectivity index (χ1) is 19.6. The predicted molar refractivity (Wildman–Crippen MR) is 154 cm³/mol. The van der Waals surface area contributed by atoms with Gasteiger partial charge in [-0.1, -0.05) is 73.7 Å². The molecule has 40 heavy (non-hydrogen) atoms. The Kier molecular flexibility index (Phi) is 7.42. The summed E-state index contributed by atoms with van der Waals surface area (Å²) in [6.07, 6.45) is 0.790. The number of carbonyl (C=O) groups is 1. The lowest BCUT2D eigenvalue weighted by Crippen LogP contribution is -2.39. The van der Waals surface area contributed by atoms with Gasteiger partial charge in [-0.2, -0.15) is 0 Å². The number of nitrogens with one attached hydrogen (secondary N) is 1. The molecule has 0 spiro atoms. The number of nitrogens with zero attached hydrogens (tertiary/aromatic N) is 2. The molecule has 2 heterocycles. The zero-order valence-electron chi connectivity index (χ0n) is 22.2. The lowest BCUT2D eigenvalue weighted by molar-refractivity contribution is -0.276. The number of amides is 1. The number of hydrogen-bond acceptors (Lipinski definition) is 5. The number of anilines is 1. The van der Waals surface area contributed by atoms with Gasteiger partial charge in [0.15, 0.2) is 6.29 Å². The number of benzene rings is 4. The quantitative estimate of drug-likeness (QED) is 0.257. The molecule has 6 rings (SSSR count). The summed E-state index contributed by atoms with van der Waals surface area (Å²) in [5.74, 6) is -0.151. The molecule has 202 valence electrons. The zero-order valence-corrected chi connectivity index (χ0v) is 22.2. The van der Waals surface area contributed by atoms with E-state index in [9.17, 15) is 9.90 Å². The number of aliphatic hydroxyl groups is 1. The third-order valence-electron chi connectivity index (χ3n) is 7.48. The van der Waals surface area contributed by atoms with E-state index >= 15 is 0 Å². The predicted octanol–water partition coefficient (Wildman–Crippen LogP) is 6.27. The molecule has 0 bridgehead atoms. The number of hydrogen-bond donors (Lipinski definition) is 2. The number of ether oxygens (including phenoxy) is 2. The molecule has 1 saturated heterocycles. The summed E-state index contributed by atoms with van der Waals surface area (Å²) in [6.45, 7) is 2.74. The minimum atomic E-state index is -0.646. The largest absolute Gasteiger partial charge is 0.392 e. The van der Waals surface area contributed by atoms with Crippen LogP contribution in [-0.4, -0.2) is 26.7 Å². The summed E-state index contributed by atoms with van der Waals surface area (Å²) in [6, 6.07) is 32.7. The highest BCUT2D eigenvalue weighted by Gasteiger charge is 2.38. The maximum Gasteiger partial charge on any atom is 0.255 e. The van der Waals surface area contributed by atoms with Gasteiger partial charge >= 0.3 is 0 Å². The highest BCUT2D eigenvalue weighted by Crippen LogP contribution is 2.42. The molecule has 2 N–H and O–H groups in total. The molecule has 1 aromatic heterocycles. The number of carbonyl (C=O) groups excluding carboxylic acids is 1. The molecule has 1 fully saturated rings. The van der Waals surface area contributed by atoms with Crippen molar-refractivity contribution in [3.05, 3.63) is 132 Å². The van der Waals surface area contributed by atoms with Crippen LogP contribution >= 0.6 is 0 Å². The Morgan fingerprint density at radius 3 is 2.48 bits per heavy atom. The maximum absolute atomic E-state index is 12.8. The topological polar surface area (TPSA) is 85.6 Å². The third kappa shape index (κ3) is 5.40. The van der Waals surface area contributed by atoms with E-state index in [1.807, 2.05) is 91.3 Å². The van der Waals surface area contributed by atoms with Crippen molar-refractivity contribution in [2.45, 2.75) is 38.6 Å². The van der Waals surface area contributed by atoms with Crippen molar-refractivity contribution in [1.82, 2.24) is 9.55 Å². The molecular weight excluding hydrogens is 502 g/mol. The first kappa shape index (κ1) is 26.0. The number of fused-ring (bicyclic) bond motifs is 1. The Balaban J connectivity index is 1.30. The molecule has 7 nitrogen and oxygen atoms in total. The molecule has 1 aliphatic rings. The zero-order chi connectivity index (χ0) is 27.5. The molecule has 4 unspecified atom stereocenters. The van der Waals surface area contributed by atoms with Crippen LogP contribution in [0.4, 0.5) is 5.69 Å². The SMILES string of the molecule is CC1C(Cn2cnc3ccccc32)OC(c2cccc(NC(=O)c3ccccc3)c2)OC1c1ccc(CO)cc1. The van der Waals surface area contributed by atoms with Gasteiger partial charge in [0.05, 0.1) is 42.7 Å². The summed E-state index contributed by atoms with van der Waals surface area (Å²) < 4.78 is 15.4. The van der Waals surface area contributed by atoms with E-state index in [1.165, 1.54) is 0 Å². The van der Waals surface area contributed by atoms with Crippen molar-refractivity contribution in [3.63, 3.8) is 0 Å². The first-order valence-electron chi connectivity index (χ1n) is 13.5. The fourth-order valence-corrected chi connectivity index (χ4v) is 5.23. The van der Waals surface area contributed by atoms with Crippen LogP contribution in [0.15, 0.2) is 109 Å². The Hall–Kier alpha value is -4.30. The van der Waals surface area contributed by atoms with Crippen molar-refractivity contribution < 1.29 is 19.4 Å². The van der Waals surface area contributed by atoms with Crippen molar-refractivity contribution in [3.8, 4) is 0 Å². The standard InChI is InChI=1S/C33H31N3O4/c1-22-30(19-36-21-34-28-12-5-6-13-29(28)36)39-33(40-31(22)24-16-14-23(20-37)15-17-24)26-10-7-11-27(18-26)35-32(38)25-8-3-2-4-9-25/h2-18,21-22,30-31,33,37H,19-20H2,1H3,(H,35,38). The Morgan fingerprint density at radius 2 is 1.68 bits per heavy atom. The molecule has 1 amide bonds. The summed E-state index contributed by atoms with van der Waals surface area (Å²) >= 11 is 0. The van der Waals surface area contributed by atoms with Gasteiger partial charge in [0, 0.05) is 22.7 Å². The fraction of sp³-hybridized carbons (Fsp3) is 0.212. The Bertz CT molecular complexity index is 1600. The Labute approximate surface area is 233 Å². The highest BCUT2D eigenvalue weighted by atomic mass is 16.7. The summed E-state index contributed by atoms with van der Waals surface area (Å²) in [7, 11) is 0. The molecule has 7 heteroatoms. The Morgan fingerprint density at radius 1 is 0.900 bits per heavy atom. The second kappa shape index (κ2) is 11.4. The summed E-state index contributed by atoms with van der Waals surface area (Å²) in [5, 5.41) is 12.5. The normalized spacial score (nSPS) is 20.9. The van der Waals surface area contributed by atoms with Crippen molar-refractivity contribution in [2.75, 3.05) is 5.32 Å². The van der Waals surface area contributed by atoms with Crippen LogP contribution in [0.25, 0.3) is 11.0 Å². The molecule has 4 atom stereocenters. The van der Waals surface area contributed by atoms with Crippen molar-refractivity contribution in [2.24, 2.45) is 5.92 Å². The molecule has 0 radical (unpaired) electrons. The van der Waals surface area contributed by atoms with E-state index in [1.54, 1.807) is 12.1 Å². The third-order valence-corrected chi connectivity index (χ3v) is 7.48. The average Bonchev–Trinajstić information content (AvgIpc) is 3.41. The van der Waals surface area contributed by atoms with Crippen LogP contribution in [0.5, 0.6) is 0 Å². The van der Waals surface area contributed by atoms with Gasteiger partial charge < -0.3 is 24.5 Å². The second-order valence-corrected chi connectivity index (χ2v) is 10.2. The van der Waals surface area contributed by atoms with E-state index in [4.69, 9.17) is 9.47 Å². The number of aromatic nitrogens is 2. The number of aliphatic hydroxyl groups excluding tert-OH is 1. The summed E-state index contributed by atoms with van der Waals surface area (Å²) in [5.41, 5.74) is 5.93. The van der Waals surface area contributed by atoms with Crippen LogP contribution in [0, 0.1) is 5.92 Å². The van der Waals surface area contributed by atoms with Crippen molar-refractivity contribution in [1.29, 1.82) is 0 Å². The van der Waals surface area contributed by atoms with Gasteiger partial charge in [-0.05, 0) is 47.5 Å². The molecular formula is C33H31N3O4. The minimum Gasteiger partial charge on any atom is -0.392 e. The lowest BCUT2D eigenvalue weighted by atomic mass is 9.90. The van der Waals surface area contributed by atoms with E-state index in [-0.39, 0.29) is 30.6 Å². The minimum absolute atomic E-state index is 0.00901. The summed E-state index contributed by atoms with van der Waals surface area (Å²) in [4.78, 5) is 17.3. The van der Waals surface area contributed by atoms with E-state index in [0.717, 1.165) is 27.7 Å². The van der Waals surface area contributed by atoms with Crippen LogP contribution in [0.3, 0.4) is 0 Å². The smallest absolute Gasteiger partial charge is 0.255 e. The van der Waals surface area contributed by atoms with E-state index in [2.05, 4.69) is 27.9 Å². The molecule has 4 aromatic carbocycles. The van der Waals surface area contributed by atoms with Gasteiger partial charge in [0.25, 0.3) is 5.91 Å². The second-order valence-electron chi connectivity index (χ2n) is 10.2. The maximum atomic E-state index is 12.8. The molecule has 1 aliphatic heterocycles. The molecule has 5 aromatic rings. The van der Waals surface area contributed by atoms with Gasteiger partial charge in [0.2, 0.25) is 0 Å². The van der Waals surface area contributed by atoms with Gasteiger partial charge in [0.1, 0.15) is 0 Å². The number of imidazole rings is 1. The van der Waals surface area contributed by atoms with E-state index in [0.29, 0.717) is 17.8 Å². The molecule has 0 aliphatic carbocycles. The van der Waals surface area contributed by atoms with Gasteiger partial charge in [-0.15, -0.1) is 0 Å². The van der Waals surface area contributed by atoms with E-state index < -0.39 is 6.29 Å². The van der Waals surface area contributed by atoms with Crippen LogP contribution in [0.1, 0.15) is 46.4 Å². The van der Waals surface area contributed by atoms with Gasteiger partial charge in [-0.3, -0.25) is 4.79 Å². The first-order valence-corrected chi connectivity index (χ1v) is 13.5. The average molecular weight is 534 g/mol. The van der Waals surface area contributed by atoms with Crippen LogP contribution in [0.2, 0.25) is 0 Å². The van der Waals surface area contributed by atoms with Crippen LogP contribution in [-0.2, 0) is 22.6 Å². The highest BCUT2D eigenvalue weighted by molar-refractivity contribution is 6.04. The molecule has 0 saturated carbocycles. The number of para-hydroxylation sites is 2. The monoisotopic (exact) mass is 533 g/mol.